The lowest BCUT2D eigenvalue weighted by atomic mass is 10.0. The Labute approximate surface area is 103 Å². The summed E-state index contributed by atoms with van der Waals surface area (Å²) in [4.78, 5) is 11.4. The number of esters is 1. The van der Waals surface area contributed by atoms with Crippen LogP contribution in [0.3, 0.4) is 0 Å². The van der Waals surface area contributed by atoms with Gasteiger partial charge in [-0.15, -0.1) is 0 Å². The zero-order chi connectivity index (χ0) is 12.2. The number of rotatable bonds is 5. The maximum absolute atomic E-state index is 11.4. The van der Waals surface area contributed by atoms with Crippen LogP contribution in [0.4, 0.5) is 0 Å². The van der Waals surface area contributed by atoms with Gasteiger partial charge in [-0.25, -0.2) is 0 Å². The zero-order valence-electron chi connectivity index (χ0n) is 10.7. The van der Waals surface area contributed by atoms with E-state index in [-0.39, 0.29) is 17.9 Å². The van der Waals surface area contributed by atoms with Gasteiger partial charge in [0.05, 0.1) is 13.0 Å². The monoisotopic (exact) mass is 245 g/mol. The standard InChI is InChI=1S/C12H23NO2S/c1-9(11(14)15-4)10(2)13-8-12(3)6-5-7-16-12/h9-10,13H,5-8H2,1-4H3. The molecule has 1 aliphatic rings. The van der Waals surface area contributed by atoms with Crippen molar-refractivity contribution in [2.45, 2.75) is 44.4 Å². The molecule has 1 aliphatic heterocycles. The second-order valence-corrected chi connectivity index (χ2v) is 6.57. The maximum atomic E-state index is 11.4. The predicted molar refractivity (Wildman–Crippen MR) is 68.7 cm³/mol. The van der Waals surface area contributed by atoms with Gasteiger partial charge in [-0.2, -0.15) is 11.8 Å². The van der Waals surface area contributed by atoms with Gasteiger partial charge in [0, 0.05) is 17.3 Å². The van der Waals surface area contributed by atoms with E-state index in [1.807, 2.05) is 25.6 Å². The molecule has 0 aromatic carbocycles. The molecule has 0 amide bonds. The van der Waals surface area contributed by atoms with Gasteiger partial charge in [-0.05, 0) is 32.4 Å². The van der Waals surface area contributed by atoms with Gasteiger partial charge in [-0.3, -0.25) is 4.79 Å². The van der Waals surface area contributed by atoms with Gasteiger partial charge in [0.1, 0.15) is 0 Å². The first kappa shape index (κ1) is 13.8. The number of hydrogen-bond donors (Lipinski definition) is 1. The molecule has 0 saturated carbocycles. The highest BCUT2D eigenvalue weighted by Gasteiger charge is 2.30. The molecule has 0 bridgehead atoms. The first-order chi connectivity index (χ1) is 7.48. The van der Waals surface area contributed by atoms with Gasteiger partial charge in [0.15, 0.2) is 0 Å². The van der Waals surface area contributed by atoms with Crippen LogP contribution in [0, 0.1) is 5.92 Å². The lowest BCUT2D eigenvalue weighted by Gasteiger charge is -2.27. The highest BCUT2D eigenvalue weighted by molar-refractivity contribution is 8.00. The van der Waals surface area contributed by atoms with Crippen LogP contribution in [-0.4, -0.2) is 36.2 Å². The predicted octanol–water partition coefficient (Wildman–Crippen LogP) is 2.06. The van der Waals surface area contributed by atoms with E-state index < -0.39 is 0 Å². The number of hydrogen-bond acceptors (Lipinski definition) is 4. The van der Waals surface area contributed by atoms with E-state index >= 15 is 0 Å². The van der Waals surface area contributed by atoms with Gasteiger partial charge in [-0.1, -0.05) is 6.92 Å². The minimum absolute atomic E-state index is 0.0833. The normalized spacial score (nSPS) is 28.8. The number of ether oxygens (including phenoxy) is 1. The molecule has 1 N–H and O–H groups in total. The van der Waals surface area contributed by atoms with E-state index in [9.17, 15) is 4.79 Å². The lowest BCUT2D eigenvalue weighted by molar-refractivity contribution is -0.145. The molecule has 94 valence electrons. The van der Waals surface area contributed by atoms with Crippen LogP contribution in [0.15, 0.2) is 0 Å². The molecule has 4 heteroatoms. The summed E-state index contributed by atoms with van der Waals surface area (Å²) in [6, 6.07) is 0.172. The fraction of sp³-hybridized carbons (Fsp3) is 0.917. The molecule has 3 nitrogen and oxygen atoms in total. The third kappa shape index (κ3) is 3.67. The highest BCUT2D eigenvalue weighted by Crippen LogP contribution is 2.37. The molecule has 3 atom stereocenters. The minimum atomic E-state index is -0.135. The van der Waals surface area contributed by atoms with Gasteiger partial charge >= 0.3 is 5.97 Å². The van der Waals surface area contributed by atoms with Crippen molar-refractivity contribution in [2.24, 2.45) is 5.92 Å². The van der Waals surface area contributed by atoms with E-state index in [0.717, 1.165) is 6.54 Å². The molecule has 1 heterocycles. The van der Waals surface area contributed by atoms with Crippen molar-refractivity contribution in [1.29, 1.82) is 0 Å². The Bertz CT molecular complexity index is 239. The average molecular weight is 245 g/mol. The first-order valence-electron chi connectivity index (χ1n) is 5.94. The highest BCUT2D eigenvalue weighted by atomic mass is 32.2. The second kappa shape index (κ2) is 5.92. The number of methoxy groups -OCH3 is 1. The number of nitrogens with one attached hydrogen (secondary N) is 1. The van der Waals surface area contributed by atoms with Crippen molar-refractivity contribution in [3.8, 4) is 0 Å². The molecule has 0 aromatic heterocycles. The Balaban J connectivity index is 2.34. The molecule has 1 rings (SSSR count). The summed E-state index contributed by atoms with van der Waals surface area (Å²) in [6.45, 7) is 7.23. The fourth-order valence-electron chi connectivity index (χ4n) is 1.92. The van der Waals surface area contributed by atoms with Crippen molar-refractivity contribution in [2.75, 3.05) is 19.4 Å². The quantitative estimate of drug-likeness (QED) is 0.753. The van der Waals surface area contributed by atoms with Crippen LogP contribution in [0.1, 0.15) is 33.6 Å². The molecule has 0 aromatic rings. The van der Waals surface area contributed by atoms with E-state index in [1.54, 1.807) is 0 Å². The summed E-state index contributed by atoms with van der Waals surface area (Å²) in [7, 11) is 1.44. The van der Waals surface area contributed by atoms with Crippen LogP contribution in [0.2, 0.25) is 0 Å². The van der Waals surface area contributed by atoms with Crippen molar-refractivity contribution < 1.29 is 9.53 Å². The Kier molecular flexibility index (Phi) is 5.12. The number of thioether (sulfide) groups is 1. The van der Waals surface area contributed by atoms with Gasteiger partial charge < -0.3 is 10.1 Å². The SMILES string of the molecule is COC(=O)C(C)C(C)NCC1(C)CCCS1. The van der Waals surface area contributed by atoms with Crippen LogP contribution in [-0.2, 0) is 9.53 Å². The maximum Gasteiger partial charge on any atom is 0.309 e. The molecule has 1 saturated heterocycles. The number of carbonyl (C=O) groups is 1. The molecule has 0 radical (unpaired) electrons. The molecular weight excluding hydrogens is 222 g/mol. The minimum Gasteiger partial charge on any atom is -0.469 e. The molecular formula is C12H23NO2S. The van der Waals surface area contributed by atoms with Crippen molar-refractivity contribution >= 4 is 17.7 Å². The van der Waals surface area contributed by atoms with Gasteiger partial charge in [0.2, 0.25) is 0 Å². The smallest absolute Gasteiger partial charge is 0.309 e. The topological polar surface area (TPSA) is 38.3 Å². The lowest BCUT2D eigenvalue weighted by Crippen LogP contribution is -2.43. The molecule has 16 heavy (non-hydrogen) atoms. The fourth-order valence-corrected chi connectivity index (χ4v) is 3.18. The molecule has 0 spiro atoms. The largest absolute Gasteiger partial charge is 0.469 e. The third-order valence-electron chi connectivity index (χ3n) is 3.42. The summed E-state index contributed by atoms with van der Waals surface area (Å²) in [6.07, 6.45) is 2.58. The molecule has 1 fully saturated rings. The van der Waals surface area contributed by atoms with E-state index in [4.69, 9.17) is 4.74 Å². The van der Waals surface area contributed by atoms with E-state index in [2.05, 4.69) is 12.2 Å². The molecule has 0 aliphatic carbocycles. The third-order valence-corrected chi connectivity index (χ3v) is 4.96. The Hall–Kier alpha value is -0.220. The molecule has 3 unspecified atom stereocenters. The Morgan fingerprint density at radius 2 is 2.25 bits per heavy atom. The van der Waals surface area contributed by atoms with Crippen LogP contribution < -0.4 is 5.32 Å². The number of carbonyl (C=O) groups excluding carboxylic acids is 1. The van der Waals surface area contributed by atoms with E-state index in [0.29, 0.717) is 4.75 Å². The summed E-state index contributed by atoms with van der Waals surface area (Å²) >= 11 is 2.03. The summed E-state index contributed by atoms with van der Waals surface area (Å²) in [5.41, 5.74) is 0. The van der Waals surface area contributed by atoms with Crippen LogP contribution in [0.5, 0.6) is 0 Å². The summed E-state index contributed by atoms with van der Waals surface area (Å²) < 4.78 is 5.10. The summed E-state index contributed by atoms with van der Waals surface area (Å²) in [5.74, 6) is 1.04. The average Bonchev–Trinajstić information content (AvgIpc) is 2.71. The van der Waals surface area contributed by atoms with Crippen molar-refractivity contribution in [1.82, 2.24) is 5.32 Å². The second-order valence-electron chi connectivity index (χ2n) is 4.88. The van der Waals surface area contributed by atoms with Gasteiger partial charge in [0.25, 0.3) is 0 Å². The van der Waals surface area contributed by atoms with Crippen molar-refractivity contribution in [3.05, 3.63) is 0 Å². The van der Waals surface area contributed by atoms with Crippen LogP contribution >= 0.6 is 11.8 Å². The zero-order valence-corrected chi connectivity index (χ0v) is 11.5. The Morgan fingerprint density at radius 3 is 2.75 bits per heavy atom. The van der Waals surface area contributed by atoms with E-state index in [1.165, 1.54) is 25.7 Å². The van der Waals surface area contributed by atoms with Crippen LogP contribution in [0.25, 0.3) is 0 Å². The first-order valence-corrected chi connectivity index (χ1v) is 6.92. The van der Waals surface area contributed by atoms with Crippen molar-refractivity contribution in [3.63, 3.8) is 0 Å². The summed E-state index contributed by atoms with van der Waals surface area (Å²) in [5, 5.41) is 3.46. The Morgan fingerprint density at radius 1 is 1.56 bits per heavy atom.